The number of ether oxygens (including phenoxy) is 1. The lowest BCUT2D eigenvalue weighted by Gasteiger charge is -2.64. The van der Waals surface area contributed by atoms with Crippen molar-refractivity contribution in [1.29, 1.82) is 0 Å². The van der Waals surface area contributed by atoms with Crippen molar-refractivity contribution < 1.29 is 29.6 Å². The van der Waals surface area contributed by atoms with Gasteiger partial charge in [-0.1, -0.05) is 19.9 Å². The van der Waals surface area contributed by atoms with Crippen molar-refractivity contribution in [2.24, 2.45) is 34.0 Å². The zero-order valence-corrected chi connectivity index (χ0v) is 15.0. The van der Waals surface area contributed by atoms with E-state index in [0.717, 1.165) is 25.5 Å². The number of aldehydes is 1. The molecule has 1 unspecified atom stereocenters. The van der Waals surface area contributed by atoms with Gasteiger partial charge >= 0.3 is 0 Å². The SMILES string of the molecule is C=C1C(=O)[C@@]23C(O)[C@H]1C[C@@]1(O)OC[C@]4(CCC[C@](C)(C=O)[C@H]4C[C@H]2O)[C@@H]31. The number of carbonyl (C=O) groups excluding carboxylic acids is 2. The Kier molecular flexibility index (Phi) is 3.06. The Morgan fingerprint density at radius 2 is 2.04 bits per heavy atom. The average Bonchev–Trinajstić information content (AvgIpc) is 2.96. The molecule has 2 spiro atoms. The van der Waals surface area contributed by atoms with Crippen LogP contribution in [-0.4, -0.2) is 52.0 Å². The van der Waals surface area contributed by atoms with E-state index < -0.39 is 46.1 Å². The Bertz CT molecular complexity index is 734. The second-order valence-electron chi connectivity index (χ2n) is 9.62. The monoisotopic (exact) mass is 362 g/mol. The van der Waals surface area contributed by atoms with E-state index in [1.807, 2.05) is 6.92 Å². The lowest BCUT2D eigenvalue weighted by Crippen LogP contribution is -2.71. The van der Waals surface area contributed by atoms with E-state index in [9.17, 15) is 24.9 Å². The number of Topliss-reactive ketones (excluding diaryl/α,β-unsaturated/α-hetero) is 1. The number of hydrogen-bond donors (Lipinski definition) is 3. The number of fused-ring (bicyclic) bond motifs is 1. The van der Waals surface area contributed by atoms with Crippen LogP contribution in [0.5, 0.6) is 0 Å². The van der Waals surface area contributed by atoms with E-state index in [0.29, 0.717) is 0 Å². The van der Waals surface area contributed by atoms with Crippen molar-refractivity contribution >= 4 is 12.1 Å². The van der Waals surface area contributed by atoms with Crippen LogP contribution in [0.3, 0.4) is 0 Å². The van der Waals surface area contributed by atoms with Crippen molar-refractivity contribution in [3.05, 3.63) is 12.2 Å². The number of aliphatic hydroxyl groups excluding tert-OH is 2. The predicted octanol–water partition coefficient (Wildman–Crippen LogP) is 0.584. The number of ketones is 1. The maximum absolute atomic E-state index is 13.3. The van der Waals surface area contributed by atoms with Crippen molar-refractivity contribution in [2.45, 2.75) is 57.0 Å². The molecule has 5 fully saturated rings. The van der Waals surface area contributed by atoms with Crippen molar-refractivity contribution in [2.75, 3.05) is 6.61 Å². The number of aliphatic hydroxyl groups is 3. The third kappa shape index (κ3) is 1.49. The van der Waals surface area contributed by atoms with Gasteiger partial charge in [-0.3, -0.25) is 4.79 Å². The fourth-order valence-corrected chi connectivity index (χ4v) is 7.78. The highest BCUT2D eigenvalue weighted by atomic mass is 16.6. The molecule has 0 amide bonds. The summed E-state index contributed by atoms with van der Waals surface area (Å²) in [5, 5.41) is 33.7. The lowest BCUT2D eigenvalue weighted by atomic mass is 9.39. The molecule has 0 aromatic carbocycles. The molecule has 4 aliphatic carbocycles. The molecule has 0 aromatic rings. The summed E-state index contributed by atoms with van der Waals surface area (Å²) >= 11 is 0. The molecule has 142 valence electrons. The molecule has 9 atom stereocenters. The third-order valence-corrected chi connectivity index (χ3v) is 8.74. The summed E-state index contributed by atoms with van der Waals surface area (Å²) in [6.45, 7) is 6.03. The fraction of sp³-hybridized carbons (Fsp3) is 0.800. The van der Waals surface area contributed by atoms with Crippen LogP contribution in [-0.2, 0) is 14.3 Å². The van der Waals surface area contributed by atoms with Gasteiger partial charge in [0.1, 0.15) is 6.29 Å². The normalized spacial score (nSPS) is 60.5. The number of carbonyl (C=O) groups is 2. The zero-order valence-electron chi connectivity index (χ0n) is 15.0. The largest absolute Gasteiger partial charge is 0.392 e. The molecule has 6 nitrogen and oxygen atoms in total. The summed E-state index contributed by atoms with van der Waals surface area (Å²) in [6.07, 6.45) is 1.39. The van der Waals surface area contributed by atoms with E-state index in [4.69, 9.17) is 4.74 Å². The Morgan fingerprint density at radius 3 is 2.73 bits per heavy atom. The molecule has 5 rings (SSSR count). The van der Waals surface area contributed by atoms with E-state index in [2.05, 4.69) is 6.58 Å². The fourth-order valence-electron chi connectivity index (χ4n) is 7.78. The highest BCUT2D eigenvalue weighted by Gasteiger charge is 2.83. The van der Waals surface area contributed by atoms with Gasteiger partial charge in [0.25, 0.3) is 0 Å². The first-order chi connectivity index (χ1) is 12.2. The molecule has 26 heavy (non-hydrogen) atoms. The molecule has 1 saturated heterocycles. The molecular weight excluding hydrogens is 336 g/mol. The summed E-state index contributed by atoms with van der Waals surface area (Å²) in [4.78, 5) is 25.2. The van der Waals surface area contributed by atoms with Gasteiger partial charge in [-0.05, 0) is 30.8 Å². The Labute approximate surface area is 152 Å². The van der Waals surface area contributed by atoms with Crippen molar-refractivity contribution in [3.8, 4) is 0 Å². The molecule has 0 aromatic heterocycles. The van der Waals surface area contributed by atoms with Crippen LogP contribution >= 0.6 is 0 Å². The van der Waals surface area contributed by atoms with Crippen molar-refractivity contribution in [3.63, 3.8) is 0 Å². The molecule has 6 heteroatoms. The topological polar surface area (TPSA) is 104 Å². The summed E-state index contributed by atoms with van der Waals surface area (Å²) in [5.41, 5.74) is -2.40. The maximum Gasteiger partial charge on any atom is 0.170 e. The minimum Gasteiger partial charge on any atom is -0.392 e. The van der Waals surface area contributed by atoms with Gasteiger partial charge in [-0.2, -0.15) is 0 Å². The van der Waals surface area contributed by atoms with Gasteiger partial charge in [0.15, 0.2) is 11.6 Å². The first-order valence-electron chi connectivity index (χ1n) is 9.60. The quantitative estimate of drug-likeness (QED) is 0.466. The first-order valence-corrected chi connectivity index (χ1v) is 9.60. The van der Waals surface area contributed by atoms with Crippen LogP contribution in [0.4, 0.5) is 0 Å². The Balaban J connectivity index is 1.77. The van der Waals surface area contributed by atoms with E-state index >= 15 is 0 Å². The molecule has 4 saturated carbocycles. The predicted molar refractivity (Wildman–Crippen MR) is 89.7 cm³/mol. The lowest BCUT2D eigenvalue weighted by molar-refractivity contribution is -0.292. The van der Waals surface area contributed by atoms with Gasteiger partial charge in [-0.25, -0.2) is 0 Å². The van der Waals surface area contributed by atoms with E-state index in [1.165, 1.54) is 0 Å². The minimum absolute atomic E-state index is 0.115. The summed E-state index contributed by atoms with van der Waals surface area (Å²) < 4.78 is 5.95. The van der Waals surface area contributed by atoms with Crippen LogP contribution in [0, 0.1) is 34.0 Å². The minimum atomic E-state index is -1.57. The molecule has 0 radical (unpaired) electrons. The smallest absolute Gasteiger partial charge is 0.170 e. The first kappa shape index (κ1) is 17.0. The second kappa shape index (κ2) is 4.66. The summed E-state index contributed by atoms with van der Waals surface area (Å²) in [6, 6.07) is 0. The molecule has 1 aliphatic heterocycles. The Morgan fingerprint density at radius 1 is 1.31 bits per heavy atom. The van der Waals surface area contributed by atoms with Gasteiger partial charge in [0.05, 0.1) is 24.2 Å². The highest BCUT2D eigenvalue weighted by molar-refractivity contribution is 6.04. The van der Waals surface area contributed by atoms with Gasteiger partial charge in [-0.15, -0.1) is 0 Å². The standard InChI is InChI=1S/C20H26O6/c1-10-11-7-19(25)16-18(9-26-19)5-3-4-17(2,8-21)12(18)6-13(22)20(16,14(10)23)15(11)24/h8,11-13,15-16,22,24-25H,1,3-7,9H2,2H3/t11-,12+,13+,15?,16+,17+,18-,19+,20+/m0/s1. The third-order valence-electron chi connectivity index (χ3n) is 8.74. The highest BCUT2D eigenvalue weighted by Crippen LogP contribution is 2.75. The second-order valence-corrected chi connectivity index (χ2v) is 9.62. The molecule has 5 aliphatic rings. The van der Waals surface area contributed by atoms with Crippen LogP contribution in [0.1, 0.15) is 39.0 Å². The number of rotatable bonds is 1. The Hall–Kier alpha value is -1.08. The number of hydrogen-bond acceptors (Lipinski definition) is 6. The molecule has 1 heterocycles. The van der Waals surface area contributed by atoms with Crippen LogP contribution in [0.15, 0.2) is 12.2 Å². The van der Waals surface area contributed by atoms with Crippen LogP contribution < -0.4 is 0 Å². The van der Waals surface area contributed by atoms with E-state index in [1.54, 1.807) is 0 Å². The molecule has 3 N–H and O–H groups in total. The summed E-state index contributed by atoms with van der Waals surface area (Å²) in [7, 11) is 0. The summed E-state index contributed by atoms with van der Waals surface area (Å²) in [5.74, 6) is -3.39. The van der Waals surface area contributed by atoms with Gasteiger partial charge < -0.3 is 24.9 Å². The van der Waals surface area contributed by atoms with Crippen molar-refractivity contribution in [1.82, 2.24) is 0 Å². The maximum atomic E-state index is 13.3. The molecular formula is C20H26O6. The van der Waals surface area contributed by atoms with Gasteiger partial charge in [0.2, 0.25) is 0 Å². The van der Waals surface area contributed by atoms with Crippen LogP contribution in [0.25, 0.3) is 0 Å². The van der Waals surface area contributed by atoms with E-state index in [-0.39, 0.29) is 36.7 Å². The average molecular weight is 362 g/mol. The molecule has 2 bridgehead atoms. The van der Waals surface area contributed by atoms with Crippen LogP contribution in [0.2, 0.25) is 0 Å². The van der Waals surface area contributed by atoms with Gasteiger partial charge in [0, 0.05) is 29.1 Å². The zero-order chi connectivity index (χ0) is 18.7.